The van der Waals surface area contributed by atoms with E-state index in [0.717, 1.165) is 33.8 Å². The van der Waals surface area contributed by atoms with Gasteiger partial charge in [0.25, 0.3) is 0 Å². The largest absolute Gasteiger partial charge is 0.606 e. The average molecular weight is 427 g/mol. The number of fused-ring (bicyclic) bond motifs is 2. The third kappa shape index (κ3) is 6.12. The number of carbonyl (C=O) groups excluding carboxylic acids is 1. The van der Waals surface area contributed by atoms with Gasteiger partial charge in [-0.15, -0.1) is 0 Å². The fourth-order valence-corrected chi connectivity index (χ4v) is 5.51. The Balaban J connectivity index is 1.42. The second-order valence-corrected chi connectivity index (χ2v) is 9.57. The molecule has 0 saturated heterocycles. The number of ether oxygens (including phenoxy) is 1. The number of unbranched alkanes of at least 4 members (excludes halogenated alkanes) is 9. The molecule has 162 valence electrons. The number of hydrogen-bond acceptors (Lipinski definition) is 3. The number of rotatable bonds is 12. The Labute approximate surface area is 184 Å². The Morgan fingerprint density at radius 1 is 0.867 bits per heavy atom. The molecule has 3 nitrogen and oxygen atoms in total. The van der Waals surface area contributed by atoms with Crippen LogP contribution >= 0.6 is 0 Å². The van der Waals surface area contributed by atoms with Gasteiger partial charge >= 0.3 is 5.97 Å². The minimum Gasteiger partial charge on any atom is -0.606 e. The molecule has 1 atom stereocenters. The predicted octanol–water partition coefficient (Wildman–Crippen LogP) is 6.84. The molecule has 30 heavy (non-hydrogen) atoms. The van der Waals surface area contributed by atoms with E-state index in [9.17, 15) is 9.35 Å². The summed E-state index contributed by atoms with van der Waals surface area (Å²) in [5, 5.41) is 0. The maximum Gasteiger partial charge on any atom is 0.338 e. The van der Waals surface area contributed by atoms with Crippen molar-refractivity contribution in [2.45, 2.75) is 87.3 Å². The van der Waals surface area contributed by atoms with E-state index < -0.39 is 11.2 Å². The van der Waals surface area contributed by atoms with E-state index in [1.807, 2.05) is 36.4 Å². The zero-order valence-corrected chi connectivity index (χ0v) is 19.0. The number of benzene rings is 2. The lowest BCUT2D eigenvalue weighted by Gasteiger charge is -2.23. The van der Waals surface area contributed by atoms with Crippen LogP contribution in [-0.2, 0) is 22.3 Å². The summed E-state index contributed by atoms with van der Waals surface area (Å²) in [5.74, 6) is -0.292. The van der Waals surface area contributed by atoms with Gasteiger partial charge in [-0.2, -0.15) is 0 Å². The molecule has 0 radical (unpaired) electrons. The molecule has 2 aromatic rings. The Morgan fingerprint density at radius 2 is 1.50 bits per heavy atom. The fraction of sp³-hybridized carbons (Fsp3) is 0.500. The van der Waals surface area contributed by atoms with Crippen LogP contribution < -0.4 is 0 Å². The van der Waals surface area contributed by atoms with Gasteiger partial charge in [0, 0.05) is 28.7 Å². The highest BCUT2D eigenvalue weighted by Crippen LogP contribution is 2.36. The van der Waals surface area contributed by atoms with Crippen molar-refractivity contribution in [2.75, 3.05) is 6.61 Å². The summed E-state index contributed by atoms with van der Waals surface area (Å²) in [6, 6.07) is 13.2. The first-order valence-electron chi connectivity index (χ1n) is 11.5. The highest BCUT2D eigenvalue weighted by atomic mass is 32.2. The van der Waals surface area contributed by atoms with Gasteiger partial charge in [-0.05, 0) is 24.6 Å². The molecule has 0 fully saturated rings. The second-order valence-electron chi connectivity index (χ2n) is 8.15. The minimum atomic E-state index is -1.24. The summed E-state index contributed by atoms with van der Waals surface area (Å²) in [7, 11) is 0. The molecule has 2 aromatic carbocycles. The van der Waals surface area contributed by atoms with Crippen LogP contribution in [0, 0.1) is 0 Å². The molecule has 1 heterocycles. The summed E-state index contributed by atoms with van der Waals surface area (Å²) >= 11 is -1.24. The van der Waals surface area contributed by atoms with Gasteiger partial charge in [0.15, 0.2) is 9.79 Å². The Bertz CT molecular complexity index is 818. The summed E-state index contributed by atoms with van der Waals surface area (Å²) < 4.78 is 18.5. The molecule has 1 unspecified atom stereocenters. The summed E-state index contributed by atoms with van der Waals surface area (Å²) in [6.07, 6.45) is 13.2. The van der Waals surface area contributed by atoms with Crippen LogP contribution in [-0.4, -0.2) is 17.1 Å². The standard InChI is InChI=1S/C26H34O3S/c1-2-3-4-5-6-7-8-9-10-13-19-29-26(27)22-16-14-18-25-23(22)20-21-15-11-12-17-24(21)30(25)28/h11-12,14-18H,2-10,13,19-20H2,1H3. The zero-order chi connectivity index (χ0) is 21.2. The molecule has 4 heteroatoms. The molecule has 1 aliphatic rings. The van der Waals surface area contributed by atoms with Gasteiger partial charge in [0.05, 0.1) is 12.2 Å². The number of carbonyl (C=O) groups is 1. The van der Waals surface area contributed by atoms with Crippen molar-refractivity contribution in [3.8, 4) is 0 Å². The van der Waals surface area contributed by atoms with E-state index in [2.05, 4.69) is 6.92 Å². The molecule has 1 aliphatic heterocycles. The van der Waals surface area contributed by atoms with Crippen LogP contribution in [0.5, 0.6) is 0 Å². The van der Waals surface area contributed by atoms with E-state index in [0.29, 0.717) is 18.6 Å². The molecule has 0 N–H and O–H groups in total. The van der Waals surface area contributed by atoms with Gasteiger partial charge in [0.1, 0.15) is 0 Å². The van der Waals surface area contributed by atoms with E-state index >= 15 is 0 Å². The normalized spacial score (nSPS) is 14.8. The lowest BCUT2D eigenvalue weighted by Crippen LogP contribution is -2.19. The molecule has 0 saturated carbocycles. The smallest absolute Gasteiger partial charge is 0.338 e. The monoisotopic (exact) mass is 426 g/mol. The molecule has 0 amide bonds. The molecule has 0 aromatic heterocycles. The van der Waals surface area contributed by atoms with Gasteiger partial charge < -0.3 is 9.29 Å². The van der Waals surface area contributed by atoms with Crippen LogP contribution in [0.3, 0.4) is 0 Å². The minimum absolute atomic E-state index is 0.292. The van der Waals surface area contributed by atoms with Crippen molar-refractivity contribution in [1.82, 2.24) is 0 Å². The van der Waals surface area contributed by atoms with Gasteiger partial charge in [0.2, 0.25) is 0 Å². The molecule has 0 aliphatic carbocycles. The van der Waals surface area contributed by atoms with E-state index in [1.54, 1.807) is 6.07 Å². The van der Waals surface area contributed by atoms with Crippen LogP contribution in [0.4, 0.5) is 0 Å². The van der Waals surface area contributed by atoms with Gasteiger partial charge in [-0.3, -0.25) is 0 Å². The Hall–Kier alpha value is -1.78. The van der Waals surface area contributed by atoms with Crippen LogP contribution in [0.1, 0.15) is 92.6 Å². The van der Waals surface area contributed by atoms with Crippen LogP contribution in [0.15, 0.2) is 52.3 Å². The SMILES string of the molecule is CCCCCCCCCCCCOC(=O)c1cccc2c1Cc1ccccc1[S+]2[O-]. The summed E-state index contributed by atoms with van der Waals surface area (Å²) in [5.41, 5.74) is 2.43. The topological polar surface area (TPSA) is 49.4 Å². The summed E-state index contributed by atoms with van der Waals surface area (Å²) in [6.45, 7) is 2.71. The van der Waals surface area contributed by atoms with Crippen molar-refractivity contribution in [3.63, 3.8) is 0 Å². The highest BCUT2D eigenvalue weighted by molar-refractivity contribution is 7.91. The lowest BCUT2D eigenvalue weighted by molar-refractivity contribution is 0.0496. The highest BCUT2D eigenvalue weighted by Gasteiger charge is 2.31. The number of hydrogen-bond donors (Lipinski definition) is 0. The third-order valence-corrected chi connectivity index (χ3v) is 7.40. The van der Waals surface area contributed by atoms with Crippen molar-refractivity contribution < 1.29 is 14.1 Å². The first kappa shape index (κ1) is 22.9. The van der Waals surface area contributed by atoms with Crippen molar-refractivity contribution in [1.29, 1.82) is 0 Å². The maximum atomic E-state index is 12.9. The Kier molecular flexibility index (Phi) is 9.28. The quantitative estimate of drug-likeness (QED) is 0.212. The molecular formula is C26H34O3S. The zero-order valence-electron chi connectivity index (χ0n) is 18.2. The average Bonchev–Trinajstić information content (AvgIpc) is 2.77. The number of esters is 1. The van der Waals surface area contributed by atoms with Crippen LogP contribution in [0.2, 0.25) is 0 Å². The van der Waals surface area contributed by atoms with Crippen molar-refractivity contribution in [3.05, 3.63) is 59.2 Å². The molecule has 3 rings (SSSR count). The van der Waals surface area contributed by atoms with Crippen molar-refractivity contribution in [2.24, 2.45) is 0 Å². The Morgan fingerprint density at radius 3 is 2.23 bits per heavy atom. The predicted molar refractivity (Wildman–Crippen MR) is 122 cm³/mol. The fourth-order valence-electron chi connectivity index (χ4n) is 4.08. The lowest BCUT2D eigenvalue weighted by atomic mass is 9.99. The van der Waals surface area contributed by atoms with E-state index in [4.69, 9.17) is 4.74 Å². The third-order valence-electron chi connectivity index (χ3n) is 5.82. The van der Waals surface area contributed by atoms with Crippen molar-refractivity contribution >= 4 is 17.1 Å². The maximum absolute atomic E-state index is 12.9. The second kappa shape index (κ2) is 12.2. The van der Waals surface area contributed by atoms with E-state index in [1.165, 1.54) is 51.4 Å². The molecule has 0 bridgehead atoms. The van der Waals surface area contributed by atoms with Crippen LogP contribution in [0.25, 0.3) is 0 Å². The van der Waals surface area contributed by atoms with Gasteiger partial charge in [-0.25, -0.2) is 4.79 Å². The first-order valence-corrected chi connectivity index (χ1v) is 12.7. The summed E-state index contributed by atoms with van der Waals surface area (Å²) in [4.78, 5) is 14.3. The molecule has 0 spiro atoms. The van der Waals surface area contributed by atoms with E-state index in [-0.39, 0.29) is 5.97 Å². The molecular weight excluding hydrogens is 392 g/mol. The van der Waals surface area contributed by atoms with Gasteiger partial charge in [-0.1, -0.05) is 89.0 Å². The first-order chi connectivity index (χ1) is 14.7.